The number of rotatable bonds is 3. The third kappa shape index (κ3) is 1.49. The lowest BCUT2D eigenvalue weighted by Gasteiger charge is -2.28. The van der Waals surface area contributed by atoms with Crippen LogP contribution in [0.3, 0.4) is 0 Å². The molecule has 4 heterocycles. The van der Waals surface area contributed by atoms with Gasteiger partial charge in [-0.1, -0.05) is 0 Å². The SMILES string of the molecule is O=C1OC2(CO)C(=O)OC3(CO)C(=O)OC1(CO)n1c(=O)n3c(=O)n2c1=O. The third-order valence-electron chi connectivity index (χ3n) is 4.62. The normalized spacial score (nSPS) is 33.2. The van der Waals surface area contributed by atoms with Crippen LogP contribution in [0.4, 0.5) is 0 Å². The third-order valence-corrected chi connectivity index (χ3v) is 4.62. The summed E-state index contributed by atoms with van der Waals surface area (Å²) in [5.74, 6) is -5.42. The Morgan fingerprint density at radius 2 is 0.778 bits per heavy atom. The first-order valence-electron chi connectivity index (χ1n) is 7.22. The standard InChI is InChI=1S/C12H9N3O12/c16-1-10-4(19)26-12(3-18)6(21)27-11(2-17,5(20)25-10)14-7(22)13(10)8(23)15(12)9(14)24/h16-18H,1-3H2. The van der Waals surface area contributed by atoms with E-state index in [0.29, 0.717) is 0 Å². The van der Waals surface area contributed by atoms with E-state index < -0.39 is 72.0 Å². The highest BCUT2D eigenvalue weighted by Crippen LogP contribution is 2.36. The highest BCUT2D eigenvalue weighted by atomic mass is 16.7. The van der Waals surface area contributed by atoms with Crippen LogP contribution < -0.4 is 17.1 Å². The molecule has 15 heteroatoms. The summed E-state index contributed by atoms with van der Waals surface area (Å²) >= 11 is 0. The zero-order valence-electron chi connectivity index (χ0n) is 13.0. The van der Waals surface area contributed by atoms with Crippen LogP contribution in [0, 0.1) is 0 Å². The Morgan fingerprint density at radius 1 is 0.556 bits per heavy atom. The van der Waals surface area contributed by atoms with E-state index in [2.05, 4.69) is 0 Å². The largest absolute Gasteiger partial charge is 0.419 e. The molecule has 144 valence electrons. The number of aliphatic hydroxyl groups excluding tert-OH is 3. The van der Waals surface area contributed by atoms with Gasteiger partial charge >= 0.3 is 52.2 Å². The van der Waals surface area contributed by atoms with Gasteiger partial charge in [0.15, 0.2) is 0 Å². The summed E-state index contributed by atoms with van der Waals surface area (Å²) in [5.41, 5.74) is -14.5. The van der Waals surface area contributed by atoms with Crippen LogP contribution in [0.25, 0.3) is 0 Å². The summed E-state index contributed by atoms with van der Waals surface area (Å²) in [4.78, 5) is 76.1. The monoisotopic (exact) mass is 387 g/mol. The van der Waals surface area contributed by atoms with Gasteiger partial charge in [0, 0.05) is 0 Å². The molecule has 1 aromatic heterocycles. The molecule has 0 fully saturated rings. The van der Waals surface area contributed by atoms with Crippen LogP contribution in [0.1, 0.15) is 0 Å². The number of carbonyl (C=O) groups is 3. The van der Waals surface area contributed by atoms with Crippen molar-refractivity contribution in [3.8, 4) is 0 Å². The topological polar surface area (TPSA) is 206 Å². The minimum absolute atomic E-state index is 0.120. The predicted octanol–water partition coefficient (Wildman–Crippen LogP) is -6.22. The van der Waals surface area contributed by atoms with Crippen molar-refractivity contribution in [2.24, 2.45) is 0 Å². The average Bonchev–Trinajstić information content (AvgIpc) is 2.76. The Morgan fingerprint density at radius 3 is 0.963 bits per heavy atom. The number of aliphatic hydroxyl groups is 3. The highest BCUT2D eigenvalue weighted by Gasteiger charge is 2.69. The molecule has 3 bridgehead atoms. The van der Waals surface area contributed by atoms with Gasteiger partial charge in [0.1, 0.15) is 19.8 Å². The number of carbonyl (C=O) groups excluding carboxylic acids is 3. The molecule has 0 aliphatic carbocycles. The van der Waals surface area contributed by atoms with E-state index in [9.17, 15) is 44.1 Å². The van der Waals surface area contributed by atoms with Gasteiger partial charge in [0.05, 0.1) is 0 Å². The van der Waals surface area contributed by atoms with Crippen molar-refractivity contribution in [1.29, 1.82) is 0 Å². The molecule has 3 N–H and O–H groups in total. The van der Waals surface area contributed by atoms with Gasteiger partial charge in [0.2, 0.25) is 0 Å². The second kappa shape index (κ2) is 4.70. The Kier molecular flexibility index (Phi) is 2.98. The summed E-state index contributed by atoms with van der Waals surface area (Å²) < 4.78 is 14.0. The van der Waals surface area contributed by atoms with Gasteiger partial charge in [-0.2, -0.15) is 13.7 Å². The second-order valence-electron chi connectivity index (χ2n) is 5.85. The molecule has 15 nitrogen and oxygen atoms in total. The number of esters is 3. The van der Waals surface area contributed by atoms with E-state index in [1.165, 1.54) is 0 Å². The Hall–Kier alpha value is -3.30. The molecule has 0 saturated heterocycles. The molecule has 3 aliphatic heterocycles. The summed E-state index contributed by atoms with van der Waals surface area (Å²) in [5, 5.41) is 29.1. The van der Waals surface area contributed by atoms with E-state index in [0.717, 1.165) is 0 Å². The zero-order valence-corrected chi connectivity index (χ0v) is 13.0. The quantitative estimate of drug-likeness (QED) is 0.327. The maximum Gasteiger partial charge on any atom is 0.378 e. The molecule has 3 aliphatic rings. The maximum absolute atomic E-state index is 12.8. The Balaban J connectivity index is 2.40. The number of nitrogens with zero attached hydrogens (tertiary/aromatic N) is 3. The Labute approximate surface area is 145 Å². The van der Waals surface area contributed by atoms with Crippen molar-refractivity contribution >= 4 is 17.9 Å². The predicted molar refractivity (Wildman–Crippen MR) is 72.7 cm³/mol. The van der Waals surface area contributed by atoms with Gasteiger partial charge in [-0.25, -0.2) is 28.8 Å². The number of hydrogen-bond acceptors (Lipinski definition) is 12. The van der Waals surface area contributed by atoms with Crippen molar-refractivity contribution in [2.45, 2.75) is 17.2 Å². The van der Waals surface area contributed by atoms with Gasteiger partial charge in [-0.3, -0.25) is 0 Å². The maximum atomic E-state index is 12.8. The summed E-state index contributed by atoms with van der Waals surface area (Å²) in [6, 6.07) is 0. The molecule has 0 saturated carbocycles. The van der Waals surface area contributed by atoms with Crippen molar-refractivity contribution < 1.29 is 43.9 Å². The first-order valence-corrected chi connectivity index (χ1v) is 7.22. The molecule has 3 atom stereocenters. The van der Waals surface area contributed by atoms with E-state index >= 15 is 0 Å². The minimum atomic E-state index is -3.12. The average molecular weight is 387 g/mol. The van der Waals surface area contributed by atoms with Gasteiger partial charge in [0.25, 0.3) is 0 Å². The van der Waals surface area contributed by atoms with E-state index in [1.54, 1.807) is 0 Å². The van der Waals surface area contributed by atoms with E-state index in [1.807, 2.05) is 0 Å². The van der Waals surface area contributed by atoms with Crippen LogP contribution in [0.5, 0.6) is 0 Å². The van der Waals surface area contributed by atoms with Crippen LogP contribution >= 0.6 is 0 Å². The molecule has 0 spiro atoms. The molecule has 3 unspecified atom stereocenters. The van der Waals surface area contributed by atoms with E-state index in [4.69, 9.17) is 14.2 Å². The van der Waals surface area contributed by atoms with Crippen LogP contribution in [0.2, 0.25) is 0 Å². The van der Waals surface area contributed by atoms with Crippen LogP contribution in [-0.4, -0.2) is 66.7 Å². The minimum Gasteiger partial charge on any atom is -0.419 e. The number of ether oxygens (including phenoxy) is 3. The Bertz CT molecular complexity index is 944. The van der Waals surface area contributed by atoms with E-state index in [-0.39, 0.29) is 13.7 Å². The molecular weight excluding hydrogens is 378 g/mol. The summed E-state index contributed by atoms with van der Waals surface area (Å²) in [6.45, 7) is -4.54. The number of hydrogen-bond donors (Lipinski definition) is 3. The van der Waals surface area contributed by atoms with Crippen LogP contribution in [0.15, 0.2) is 14.4 Å². The molecule has 0 aromatic carbocycles. The molecule has 0 radical (unpaired) electrons. The fourth-order valence-corrected chi connectivity index (χ4v) is 3.21. The van der Waals surface area contributed by atoms with Crippen LogP contribution in [-0.2, 0) is 45.8 Å². The van der Waals surface area contributed by atoms with Gasteiger partial charge in [-0.15, -0.1) is 0 Å². The molecule has 1 aromatic rings. The van der Waals surface area contributed by atoms with Crippen molar-refractivity contribution in [3.05, 3.63) is 31.5 Å². The second-order valence-corrected chi connectivity index (χ2v) is 5.85. The lowest BCUT2D eigenvalue weighted by Crippen LogP contribution is -2.64. The molecule has 27 heavy (non-hydrogen) atoms. The summed E-state index contributed by atoms with van der Waals surface area (Å²) in [7, 11) is 0. The van der Waals surface area contributed by atoms with Crippen molar-refractivity contribution in [3.63, 3.8) is 0 Å². The van der Waals surface area contributed by atoms with Crippen molar-refractivity contribution in [1.82, 2.24) is 13.7 Å². The lowest BCUT2D eigenvalue weighted by atomic mass is 10.2. The zero-order chi connectivity index (χ0) is 19.9. The molecule has 4 rings (SSSR count). The first kappa shape index (κ1) is 17.1. The summed E-state index contributed by atoms with van der Waals surface area (Å²) in [6.07, 6.45) is 0. The fraction of sp³-hybridized carbons (Fsp3) is 0.500. The number of aromatic nitrogens is 3. The lowest BCUT2D eigenvalue weighted by molar-refractivity contribution is -0.219. The molecular formula is C12H9N3O12. The van der Waals surface area contributed by atoms with Gasteiger partial charge in [-0.05, 0) is 0 Å². The highest BCUT2D eigenvalue weighted by molar-refractivity contribution is 5.91. The first-order chi connectivity index (χ1) is 12.7. The van der Waals surface area contributed by atoms with Gasteiger partial charge < -0.3 is 29.5 Å². The molecule has 0 amide bonds. The fourth-order valence-electron chi connectivity index (χ4n) is 3.21. The smallest absolute Gasteiger partial charge is 0.378 e. The van der Waals surface area contributed by atoms with Crippen molar-refractivity contribution in [2.75, 3.05) is 19.8 Å².